The number of nitrogens with zero attached hydrogens (tertiary/aromatic N) is 1. The van der Waals surface area contributed by atoms with E-state index in [1.807, 2.05) is 0 Å². The van der Waals surface area contributed by atoms with E-state index >= 15 is 0 Å². The third-order valence-electron chi connectivity index (χ3n) is 3.70. The molecule has 0 atom stereocenters. The highest BCUT2D eigenvalue weighted by atomic mass is 35.5. The molecule has 0 aliphatic carbocycles. The van der Waals surface area contributed by atoms with Gasteiger partial charge < -0.3 is 15.0 Å². The smallest absolute Gasteiger partial charge is 0.341 e. The molecule has 27 heavy (non-hydrogen) atoms. The van der Waals surface area contributed by atoms with Crippen molar-refractivity contribution in [3.8, 4) is 0 Å². The highest BCUT2D eigenvalue weighted by Gasteiger charge is 2.25. The number of rotatable bonds is 5. The lowest BCUT2D eigenvalue weighted by molar-refractivity contribution is 0.0524. The molecule has 0 aliphatic heterocycles. The van der Waals surface area contributed by atoms with Crippen molar-refractivity contribution < 1.29 is 17.9 Å². The number of imidazole rings is 1. The van der Waals surface area contributed by atoms with Gasteiger partial charge in [0.25, 0.3) is 0 Å². The average Bonchev–Trinajstić information content (AvgIpc) is 3.00. The maximum Gasteiger partial charge on any atom is 0.341 e. The molecular formula is C17H15Cl2N3O4S. The third-order valence-corrected chi connectivity index (χ3v) is 5.66. The number of esters is 1. The molecule has 0 unspecified atom stereocenters. The second kappa shape index (κ2) is 7.38. The Morgan fingerprint density at radius 1 is 1.26 bits per heavy atom. The van der Waals surface area contributed by atoms with E-state index in [1.165, 1.54) is 12.1 Å². The topological polar surface area (TPSA) is 101 Å². The minimum Gasteiger partial charge on any atom is -0.462 e. The number of carbonyl (C=O) groups excluding carboxylic acids is 1. The summed E-state index contributed by atoms with van der Waals surface area (Å²) in [7, 11) is -3.66. The fourth-order valence-electron chi connectivity index (χ4n) is 2.55. The first-order valence-corrected chi connectivity index (χ1v) is 10.5. The van der Waals surface area contributed by atoms with Gasteiger partial charge in [0.05, 0.1) is 32.8 Å². The van der Waals surface area contributed by atoms with Crippen LogP contribution in [0.5, 0.6) is 0 Å². The summed E-state index contributed by atoms with van der Waals surface area (Å²) >= 11 is 12.2. The Kier molecular flexibility index (Phi) is 5.32. The molecule has 0 spiro atoms. The van der Waals surface area contributed by atoms with Crippen LogP contribution in [0.15, 0.2) is 35.2 Å². The number of nitrogens with one attached hydrogen (secondary N) is 2. The van der Waals surface area contributed by atoms with Crippen molar-refractivity contribution in [1.82, 2.24) is 9.97 Å². The van der Waals surface area contributed by atoms with E-state index in [0.717, 1.165) is 6.26 Å². The zero-order chi connectivity index (χ0) is 19.8. The quantitative estimate of drug-likeness (QED) is 0.591. The summed E-state index contributed by atoms with van der Waals surface area (Å²) in [6.07, 6.45) is 1.02. The summed E-state index contributed by atoms with van der Waals surface area (Å²) in [5.41, 5.74) is 1.03. The summed E-state index contributed by atoms with van der Waals surface area (Å²) in [5.74, 6) is -0.493. The molecule has 3 aromatic rings. The van der Waals surface area contributed by atoms with Crippen LogP contribution in [0.2, 0.25) is 10.0 Å². The molecule has 0 aliphatic rings. The van der Waals surface area contributed by atoms with Crippen molar-refractivity contribution in [3.05, 3.63) is 45.9 Å². The number of aromatic nitrogens is 2. The van der Waals surface area contributed by atoms with Gasteiger partial charge in [-0.3, -0.25) is 0 Å². The lowest BCUT2D eigenvalue weighted by atomic mass is 10.2. The zero-order valence-electron chi connectivity index (χ0n) is 14.3. The summed E-state index contributed by atoms with van der Waals surface area (Å²) in [6, 6.07) is 7.94. The maximum absolute atomic E-state index is 12.4. The molecule has 0 radical (unpaired) electrons. The Morgan fingerprint density at radius 2 is 2.00 bits per heavy atom. The van der Waals surface area contributed by atoms with Crippen LogP contribution in [0.3, 0.4) is 0 Å². The van der Waals surface area contributed by atoms with E-state index in [2.05, 4.69) is 15.3 Å². The number of anilines is 2. The first-order chi connectivity index (χ1) is 12.7. The lowest BCUT2D eigenvalue weighted by Crippen LogP contribution is -2.12. The molecule has 2 N–H and O–H groups in total. The Bertz CT molecular complexity index is 1140. The highest BCUT2D eigenvalue weighted by molar-refractivity contribution is 7.90. The SMILES string of the molecule is CCOC(=O)c1c(S(C)(=O)=O)ccc2[nH]c(Nc3cccc(Cl)c3Cl)nc12. The zero-order valence-corrected chi connectivity index (χ0v) is 16.7. The van der Waals surface area contributed by atoms with Gasteiger partial charge in [-0.2, -0.15) is 0 Å². The second-order valence-corrected chi connectivity index (χ2v) is 8.41. The molecule has 142 valence electrons. The van der Waals surface area contributed by atoms with Crippen LogP contribution < -0.4 is 5.32 Å². The van der Waals surface area contributed by atoms with Crippen molar-refractivity contribution in [1.29, 1.82) is 0 Å². The van der Waals surface area contributed by atoms with Gasteiger partial charge in [0.2, 0.25) is 5.95 Å². The molecular weight excluding hydrogens is 413 g/mol. The largest absolute Gasteiger partial charge is 0.462 e. The minimum atomic E-state index is -3.66. The number of halogens is 2. The lowest BCUT2D eigenvalue weighted by Gasteiger charge is -2.08. The molecule has 1 aromatic heterocycles. The first kappa shape index (κ1) is 19.5. The molecule has 0 fully saturated rings. The molecule has 0 bridgehead atoms. The molecule has 1 heterocycles. The van der Waals surface area contributed by atoms with Crippen LogP contribution in [0, 0.1) is 0 Å². The van der Waals surface area contributed by atoms with E-state index in [1.54, 1.807) is 25.1 Å². The van der Waals surface area contributed by atoms with Crippen molar-refractivity contribution in [3.63, 3.8) is 0 Å². The summed E-state index contributed by atoms with van der Waals surface area (Å²) in [5, 5.41) is 3.65. The van der Waals surface area contributed by atoms with Gasteiger partial charge in [0.1, 0.15) is 11.1 Å². The van der Waals surface area contributed by atoms with Crippen molar-refractivity contribution in [2.75, 3.05) is 18.2 Å². The van der Waals surface area contributed by atoms with Crippen LogP contribution in [0.4, 0.5) is 11.6 Å². The van der Waals surface area contributed by atoms with Gasteiger partial charge in [0.15, 0.2) is 9.84 Å². The van der Waals surface area contributed by atoms with Crippen LogP contribution in [0.25, 0.3) is 11.0 Å². The van der Waals surface area contributed by atoms with Crippen molar-refractivity contribution in [2.45, 2.75) is 11.8 Å². The molecule has 3 rings (SSSR count). The number of H-pyrrole nitrogens is 1. The molecule has 0 saturated carbocycles. The van der Waals surface area contributed by atoms with Gasteiger partial charge in [-0.15, -0.1) is 0 Å². The summed E-state index contributed by atoms with van der Waals surface area (Å²) in [4.78, 5) is 19.5. The van der Waals surface area contributed by atoms with E-state index < -0.39 is 15.8 Å². The second-order valence-electron chi connectivity index (χ2n) is 5.64. The fraction of sp³-hybridized carbons (Fsp3) is 0.176. The number of hydrogen-bond donors (Lipinski definition) is 2. The normalized spacial score (nSPS) is 11.6. The van der Waals surface area contributed by atoms with Gasteiger partial charge in [-0.05, 0) is 31.2 Å². The van der Waals surface area contributed by atoms with E-state index in [-0.39, 0.29) is 28.5 Å². The molecule has 10 heteroatoms. The van der Waals surface area contributed by atoms with E-state index in [0.29, 0.717) is 21.2 Å². The average molecular weight is 428 g/mol. The number of sulfone groups is 1. The number of hydrogen-bond acceptors (Lipinski definition) is 6. The Balaban J connectivity index is 2.15. The van der Waals surface area contributed by atoms with Crippen LogP contribution >= 0.6 is 23.2 Å². The predicted octanol–water partition coefficient (Wildman–Crippen LogP) is 4.19. The summed E-state index contributed by atoms with van der Waals surface area (Å²) < 4.78 is 29.2. The summed E-state index contributed by atoms with van der Waals surface area (Å²) in [6.45, 7) is 1.74. The van der Waals surface area contributed by atoms with E-state index in [9.17, 15) is 13.2 Å². The van der Waals surface area contributed by atoms with Gasteiger partial charge in [-0.1, -0.05) is 29.3 Å². The number of aromatic amines is 1. The standard InChI is InChI=1S/C17H15Cl2N3O4S/c1-3-26-16(23)13-12(27(2,24)25)8-7-11-15(13)22-17(21-11)20-10-6-4-5-9(18)14(10)19/h4-8H,3H2,1-2H3,(H2,20,21,22). The van der Waals surface area contributed by atoms with Crippen molar-refractivity contribution in [2.24, 2.45) is 0 Å². The maximum atomic E-state index is 12.4. The monoisotopic (exact) mass is 427 g/mol. The first-order valence-electron chi connectivity index (χ1n) is 7.83. The van der Waals surface area contributed by atoms with Crippen LogP contribution in [-0.4, -0.2) is 37.2 Å². The van der Waals surface area contributed by atoms with Crippen molar-refractivity contribution >= 4 is 61.7 Å². The highest BCUT2D eigenvalue weighted by Crippen LogP contribution is 2.32. The Hall–Kier alpha value is -2.29. The molecule has 0 amide bonds. The third kappa shape index (κ3) is 3.87. The van der Waals surface area contributed by atoms with Gasteiger partial charge >= 0.3 is 5.97 Å². The van der Waals surface area contributed by atoms with Crippen LogP contribution in [0.1, 0.15) is 17.3 Å². The molecule has 7 nitrogen and oxygen atoms in total. The van der Waals surface area contributed by atoms with Crippen LogP contribution in [-0.2, 0) is 14.6 Å². The van der Waals surface area contributed by atoms with Gasteiger partial charge in [-0.25, -0.2) is 18.2 Å². The molecule has 2 aromatic carbocycles. The minimum absolute atomic E-state index is 0.103. The van der Waals surface area contributed by atoms with E-state index in [4.69, 9.17) is 27.9 Å². The Morgan fingerprint density at radius 3 is 2.67 bits per heavy atom. The number of ether oxygens (including phenoxy) is 1. The predicted molar refractivity (Wildman–Crippen MR) is 105 cm³/mol. The number of fused-ring (bicyclic) bond motifs is 1. The molecule has 0 saturated heterocycles. The van der Waals surface area contributed by atoms with Gasteiger partial charge in [0, 0.05) is 6.26 Å². The number of benzene rings is 2. The Labute approximate surface area is 165 Å². The fourth-order valence-corrected chi connectivity index (χ4v) is 3.77. The number of carbonyl (C=O) groups is 1.